The lowest BCUT2D eigenvalue weighted by atomic mass is 10.2. The molecule has 0 spiro atoms. The number of hydrogen-bond donors (Lipinski definition) is 2. The second-order valence-corrected chi connectivity index (χ2v) is 5.05. The summed E-state index contributed by atoms with van der Waals surface area (Å²) in [6.07, 6.45) is 7.78. The molecule has 1 saturated carbocycles. The monoisotopic (exact) mass is 212 g/mol. The average molecular weight is 212 g/mol. The fourth-order valence-electron chi connectivity index (χ4n) is 2.27. The molecule has 2 aliphatic rings. The van der Waals surface area contributed by atoms with Crippen LogP contribution in [0.1, 0.15) is 38.5 Å². The lowest BCUT2D eigenvalue weighted by molar-refractivity contribution is 0.113. The molecule has 0 radical (unpaired) electrons. The molecule has 2 rings (SSSR count). The van der Waals surface area contributed by atoms with Crippen LogP contribution >= 0.6 is 0 Å². The summed E-state index contributed by atoms with van der Waals surface area (Å²) in [7, 11) is 0. The number of hydrogen-bond acceptors (Lipinski definition) is 3. The number of nitrogens with one attached hydrogen (secondary N) is 1. The third kappa shape index (κ3) is 4.49. The fraction of sp³-hybridized carbons (Fsp3) is 1.00. The van der Waals surface area contributed by atoms with Gasteiger partial charge >= 0.3 is 0 Å². The van der Waals surface area contributed by atoms with E-state index >= 15 is 0 Å². The summed E-state index contributed by atoms with van der Waals surface area (Å²) in [6.45, 7) is 4.00. The molecule has 0 aromatic heterocycles. The molecule has 15 heavy (non-hydrogen) atoms. The molecular weight excluding hydrogens is 188 g/mol. The molecular formula is C12H24N2O. The average Bonchev–Trinajstić information content (AvgIpc) is 3.03. The van der Waals surface area contributed by atoms with Crippen molar-refractivity contribution in [1.82, 2.24) is 10.2 Å². The zero-order chi connectivity index (χ0) is 10.5. The number of likely N-dealkylation sites (tertiary alicyclic amines) is 1. The van der Waals surface area contributed by atoms with Crippen molar-refractivity contribution in [2.24, 2.45) is 0 Å². The predicted molar refractivity (Wildman–Crippen MR) is 61.9 cm³/mol. The van der Waals surface area contributed by atoms with E-state index in [0.29, 0.717) is 6.04 Å². The molecule has 2 N–H and O–H groups in total. The third-order valence-corrected chi connectivity index (χ3v) is 3.39. The molecule has 0 unspecified atom stereocenters. The van der Waals surface area contributed by atoms with Gasteiger partial charge in [-0.15, -0.1) is 0 Å². The number of β-amino-alcohol motifs (C(OH)–C–C–N with tert-alkyl or cyclic N) is 1. The Kier molecular flexibility index (Phi) is 4.42. The van der Waals surface area contributed by atoms with Crippen LogP contribution in [-0.2, 0) is 0 Å². The molecule has 1 atom stereocenters. The maximum atomic E-state index is 9.87. The first-order valence-corrected chi connectivity index (χ1v) is 6.48. The molecule has 1 aliphatic carbocycles. The first-order valence-electron chi connectivity index (χ1n) is 6.48. The van der Waals surface area contributed by atoms with Crippen LogP contribution in [0.4, 0.5) is 0 Å². The lowest BCUT2D eigenvalue weighted by Crippen LogP contribution is -2.39. The first kappa shape index (κ1) is 11.4. The zero-order valence-electron chi connectivity index (χ0n) is 9.62. The summed E-state index contributed by atoms with van der Waals surface area (Å²) in [5.74, 6) is 0. The smallest absolute Gasteiger partial charge is 0.0791 e. The molecule has 1 saturated heterocycles. The maximum Gasteiger partial charge on any atom is 0.0791 e. The molecule has 2 fully saturated rings. The van der Waals surface area contributed by atoms with Crippen molar-refractivity contribution in [2.75, 3.05) is 26.2 Å². The van der Waals surface area contributed by atoms with Gasteiger partial charge in [-0.25, -0.2) is 0 Å². The van der Waals surface area contributed by atoms with Gasteiger partial charge < -0.3 is 15.3 Å². The normalized spacial score (nSPS) is 26.2. The molecule has 0 aromatic carbocycles. The maximum absolute atomic E-state index is 9.87. The molecule has 1 aliphatic heterocycles. The van der Waals surface area contributed by atoms with E-state index < -0.39 is 0 Å². The van der Waals surface area contributed by atoms with E-state index in [-0.39, 0.29) is 6.10 Å². The van der Waals surface area contributed by atoms with Gasteiger partial charge in [-0.1, -0.05) is 12.8 Å². The van der Waals surface area contributed by atoms with Crippen LogP contribution in [0, 0.1) is 0 Å². The molecule has 0 amide bonds. The van der Waals surface area contributed by atoms with Crippen LogP contribution in [0.25, 0.3) is 0 Å². The summed E-state index contributed by atoms with van der Waals surface area (Å²) in [5, 5.41) is 13.3. The van der Waals surface area contributed by atoms with Crippen LogP contribution in [0.15, 0.2) is 0 Å². The van der Waals surface area contributed by atoms with Crippen molar-refractivity contribution < 1.29 is 5.11 Å². The van der Waals surface area contributed by atoms with Crippen molar-refractivity contribution in [2.45, 2.75) is 50.7 Å². The van der Waals surface area contributed by atoms with Crippen LogP contribution < -0.4 is 5.32 Å². The highest BCUT2D eigenvalue weighted by molar-refractivity contribution is 4.82. The Hall–Kier alpha value is -0.120. The van der Waals surface area contributed by atoms with Gasteiger partial charge in [0, 0.05) is 19.1 Å². The Labute approximate surface area is 92.8 Å². The predicted octanol–water partition coefficient (Wildman–Crippen LogP) is 0.975. The van der Waals surface area contributed by atoms with Gasteiger partial charge in [0.15, 0.2) is 0 Å². The van der Waals surface area contributed by atoms with Gasteiger partial charge in [0.05, 0.1) is 6.10 Å². The standard InChI is InChI=1S/C12H24N2O/c15-12(9-13-11-5-6-11)10-14-7-3-1-2-4-8-14/h11-13,15H,1-10H2/t12-/m1/s1. The second-order valence-electron chi connectivity index (χ2n) is 5.05. The highest BCUT2D eigenvalue weighted by atomic mass is 16.3. The van der Waals surface area contributed by atoms with Crippen molar-refractivity contribution >= 4 is 0 Å². The molecule has 1 heterocycles. The van der Waals surface area contributed by atoms with Gasteiger partial charge in [-0.05, 0) is 38.8 Å². The Bertz CT molecular complexity index is 174. The van der Waals surface area contributed by atoms with Gasteiger partial charge in [-0.3, -0.25) is 0 Å². The van der Waals surface area contributed by atoms with Gasteiger partial charge in [0.1, 0.15) is 0 Å². The van der Waals surface area contributed by atoms with Crippen LogP contribution in [-0.4, -0.2) is 48.3 Å². The van der Waals surface area contributed by atoms with E-state index in [9.17, 15) is 5.11 Å². The highest BCUT2D eigenvalue weighted by Crippen LogP contribution is 2.18. The van der Waals surface area contributed by atoms with Gasteiger partial charge in [0.25, 0.3) is 0 Å². The number of aliphatic hydroxyl groups excluding tert-OH is 1. The Morgan fingerprint density at radius 2 is 1.80 bits per heavy atom. The number of rotatable bonds is 5. The Balaban J connectivity index is 1.60. The minimum Gasteiger partial charge on any atom is -0.390 e. The molecule has 0 bridgehead atoms. The Morgan fingerprint density at radius 3 is 2.40 bits per heavy atom. The highest BCUT2D eigenvalue weighted by Gasteiger charge is 2.22. The zero-order valence-corrected chi connectivity index (χ0v) is 9.62. The van der Waals surface area contributed by atoms with Crippen LogP contribution in [0.2, 0.25) is 0 Å². The summed E-state index contributed by atoms with van der Waals surface area (Å²) >= 11 is 0. The second kappa shape index (κ2) is 5.83. The van der Waals surface area contributed by atoms with Crippen LogP contribution in [0.3, 0.4) is 0 Å². The molecule has 0 aromatic rings. The van der Waals surface area contributed by atoms with Gasteiger partial charge in [0.2, 0.25) is 0 Å². The topological polar surface area (TPSA) is 35.5 Å². The third-order valence-electron chi connectivity index (χ3n) is 3.39. The SMILES string of the molecule is O[C@H](CNC1CC1)CN1CCCCCC1. The fourth-order valence-corrected chi connectivity index (χ4v) is 2.27. The van der Waals surface area contributed by atoms with Crippen molar-refractivity contribution in [1.29, 1.82) is 0 Å². The Morgan fingerprint density at radius 1 is 1.13 bits per heavy atom. The largest absolute Gasteiger partial charge is 0.390 e. The number of nitrogens with zero attached hydrogens (tertiary/aromatic N) is 1. The van der Waals surface area contributed by atoms with Crippen molar-refractivity contribution in [3.63, 3.8) is 0 Å². The van der Waals surface area contributed by atoms with Crippen molar-refractivity contribution in [3.05, 3.63) is 0 Å². The van der Waals surface area contributed by atoms with E-state index in [4.69, 9.17) is 0 Å². The molecule has 88 valence electrons. The number of aliphatic hydroxyl groups is 1. The van der Waals surface area contributed by atoms with E-state index in [1.54, 1.807) is 0 Å². The van der Waals surface area contributed by atoms with E-state index in [1.165, 1.54) is 51.6 Å². The lowest BCUT2D eigenvalue weighted by Gasteiger charge is -2.23. The van der Waals surface area contributed by atoms with Crippen LogP contribution in [0.5, 0.6) is 0 Å². The first-order chi connectivity index (χ1) is 7.34. The summed E-state index contributed by atoms with van der Waals surface area (Å²) in [5.41, 5.74) is 0. The van der Waals surface area contributed by atoms with E-state index in [0.717, 1.165) is 13.1 Å². The summed E-state index contributed by atoms with van der Waals surface area (Å²) in [4.78, 5) is 2.42. The van der Waals surface area contributed by atoms with Gasteiger partial charge in [-0.2, -0.15) is 0 Å². The molecule has 3 nitrogen and oxygen atoms in total. The quantitative estimate of drug-likeness (QED) is 0.713. The minimum absolute atomic E-state index is 0.177. The van der Waals surface area contributed by atoms with E-state index in [2.05, 4.69) is 10.2 Å². The van der Waals surface area contributed by atoms with E-state index in [1.807, 2.05) is 0 Å². The summed E-state index contributed by atoms with van der Waals surface area (Å²) < 4.78 is 0. The summed E-state index contributed by atoms with van der Waals surface area (Å²) in [6, 6.07) is 0.712. The minimum atomic E-state index is -0.177. The van der Waals surface area contributed by atoms with Crippen molar-refractivity contribution in [3.8, 4) is 0 Å². The molecule has 3 heteroatoms.